The monoisotopic (exact) mass is 1050 g/mol. The Kier molecular flexibility index (Phi) is 26.9. The first kappa shape index (κ1) is 59.6. The smallest absolute Gasteiger partial charge is 0.131 e. The van der Waals surface area contributed by atoms with E-state index >= 15 is 0 Å². The summed E-state index contributed by atoms with van der Waals surface area (Å²) in [5.74, 6) is 0. The van der Waals surface area contributed by atoms with Gasteiger partial charge in [0.15, 0.2) is 0 Å². The zero-order valence-corrected chi connectivity index (χ0v) is 49.0. The summed E-state index contributed by atoms with van der Waals surface area (Å²) >= 11 is 7.49. The minimum Gasteiger partial charge on any atom is -0.192 e. The van der Waals surface area contributed by atoms with Gasteiger partial charge in [0.25, 0.3) is 0 Å². The Balaban J connectivity index is 1.64. The summed E-state index contributed by atoms with van der Waals surface area (Å²) in [6.07, 6.45) is 48.7. The molecule has 0 aliphatic heterocycles. The van der Waals surface area contributed by atoms with E-state index in [9.17, 15) is 21.0 Å². The van der Waals surface area contributed by atoms with Gasteiger partial charge < -0.3 is 0 Å². The average molecular weight is 1050 g/mol. The third-order valence-corrected chi connectivity index (χ3v) is 19.7. The Bertz CT molecular complexity index is 2410. The van der Waals surface area contributed by atoms with Gasteiger partial charge in [0.2, 0.25) is 0 Å². The first-order valence-electron chi connectivity index (χ1n) is 28.8. The second-order valence-electron chi connectivity index (χ2n) is 20.5. The third kappa shape index (κ3) is 16.9. The van der Waals surface area contributed by atoms with E-state index in [4.69, 9.17) is 0 Å². The highest BCUT2D eigenvalue weighted by atomic mass is 32.1. The number of hydrogen-bond acceptors (Lipinski definition) is 8. The zero-order valence-electron chi connectivity index (χ0n) is 45.8. The lowest BCUT2D eigenvalue weighted by Gasteiger charge is -2.31. The lowest BCUT2D eigenvalue weighted by atomic mass is 9.71. The molecule has 0 atom stereocenters. The van der Waals surface area contributed by atoms with Gasteiger partial charge in [-0.05, 0) is 146 Å². The molecule has 4 aromatic rings. The molecule has 8 heteroatoms. The Morgan fingerprint density at radius 1 is 0.384 bits per heavy atom. The lowest BCUT2D eigenvalue weighted by molar-refractivity contribution is 0.402. The summed E-state index contributed by atoms with van der Waals surface area (Å²) < 4.78 is 0. The van der Waals surface area contributed by atoms with E-state index in [1.807, 2.05) is 34.8 Å². The Hall–Kier alpha value is -4.28. The van der Waals surface area contributed by atoms with Gasteiger partial charge in [0.05, 0.1) is 0 Å². The van der Waals surface area contributed by atoms with E-state index in [-0.39, 0.29) is 16.6 Å². The molecule has 0 fully saturated rings. The highest BCUT2D eigenvalue weighted by Crippen LogP contribution is 2.60. The minimum atomic E-state index is -0.0126. The molecule has 0 unspecified atom stereocenters. The topological polar surface area (TPSA) is 95.2 Å². The number of nitriles is 4. The number of nitrogens with zero attached hydrogens (tertiary/aromatic N) is 4. The van der Waals surface area contributed by atoms with Crippen LogP contribution in [0.15, 0.2) is 23.3 Å². The summed E-state index contributed by atoms with van der Waals surface area (Å²) in [5, 5.41) is 39.4. The molecule has 4 aromatic heterocycles. The molecule has 0 saturated carbocycles. The molecule has 0 radical (unpaired) electrons. The van der Waals surface area contributed by atoms with E-state index in [0.717, 1.165) is 61.1 Å². The molecule has 1 aliphatic rings. The van der Waals surface area contributed by atoms with Crippen molar-refractivity contribution in [2.75, 3.05) is 0 Å². The maximum Gasteiger partial charge on any atom is 0.131 e. The number of allylic oxidation sites excluding steroid dienone is 2. The van der Waals surface area contributed by atoms with Gasteiger partial charge in [0.1, 0.15) is 35.4 Å². The fraction of sp³-hybridized carbons (Fsp3) is 0.569. The molecule has 4 nitrogen and oxygen atoms in total. The van der Waals surface area contributed by atoms with Crippen LogP contribution in [0, 0.1) is 45.3 Å². The standard InChI is InChI=1S/C65H86N4S4/c1-7-13-19-25-31-53-55(33-27-21-15-9-3)61(41-49(45-66)46-67)72-59(53)37-35-51-43-57-63(70-51)64-58(65(57,39-29-23-17-11-5)40-30-24-18-12-6)44-52(71-64)36-38-60-54(32-26-20-14-8-2)56(34-28-22-16-10-4)62(73-60)42-50(47-68)48-69/h35-38,41-44H,7-34,39-40H2,1-6H3/b37-35+,38-36+. The average Bonchev–Trinajstić information content (AvgIpc) is 4.22. The summed E-state index contributed by atoms with van der Waals surface area (Å²) in [7, 11) is 0. The van der Waals surface area contributed by atoms with Crippen molar-refractivity contribution in [2.24, 2.45) is 0 Å². The van der Waals surface area contributed by atoms with Crippen LogP contribution in [0.4, 0.5) is 0 Å². The summed E-state index contributed by atoms with van der Waals surface area (Å²) in [6.45, 7) is 13.7. The van der Waals surface area contributed by atoms with Gasteiger partial charge >= 0.3 is 0 Å². The molecule has 0 N–H and O–H groups in total. The van der Waals surface area contributed by atoms with Crippen molar-refractivity contribution in [3.8, 4) is 34.0 Å². The molecule has 0 spiro atoms. The molecular formula is C65H86N4S4. The zero-order chi connectivity index (χ0) is 52.3. The van der Waals surface area contributed by atoms with E-state index < -0.39 is 0 Å². The molecular weight excluding hydrogens is 965 g/mol. The van der Waals surface area contributed by atoms with Crippen molar-refractivity contribution < 1.29 is 0 Å². The van der Waals surface area contributed by atoms with Crippen molar-refractivity contribution in [3.63, 3.8) is 0 Å². The van der Waals surface area contributed by atoms with Crippen molar-refractivity contribution in [1.82, 2.24) is 0 Å². The predicted octanol–water partition coefficient (Wildman–Crippen LogP) is 21.8. The highest BCUT2D eigenvalue weighted by Gasteiger charge is 2.45. The van der Waals surface area contributed by atoms with Gasteiger partial charge in [-0.2, -0.15) is 21.0 Å². The fourth-order valence-electron chi connectivity index (χ4n) is 10.9. The van der Waals surface area contributed by atoms with Gasteiger partial charge in [-0.1, -0.05) is 170 Å². The van der Waals surface area contributed by atoms with E-state index in [0.29, 0.717) is 0 Å². The van der Waals surface area contributed by atoms with Crippen molar-refractivity contribution >= 4 is 81.8 Å². The quantitative estimate of drug-likeness (QED) is 0.0335. The Morgan fingerprint density at radius 2 is 0.685 bits per heavy atom. The predicted molar refractivity (Wildman–Crippen MR) is 322 cm³/mol. The van der Waals surface area contributed by atoms with Crippen molar-refractivity contribution in [1.29, 1.82) is 21.0 Å². The van der Waals surface area contributed by atoms with Crippen LogP contribution in [0.3, 0.4) is 0 Å². The van der Waals surface area contributed by atoms with Crippen LogP contribution in [-0.4, -0.2) is 0 Å². The Labute approximate surface area is 459 Å². The number of hydrogen-bond donors (Lipinski definition) is 0. The molecule has 0 bridgehead atoms. The van der Waals surface area contributed by atoms with Crippen LogP contribution in [0.25, 0.3) is 46.2 Å². The normalized spacial score (nSPS) is 12.5. The molecule has 4 heterocycles. The summed E-state index contributed by atoms with van der Waals surface area (Å²) in [5.41, 5.74) is 9.00. The van der Waals surface area contributed by atoms with Crippen molar-refractivity contribution in [2.45, 2.75) is 240 Å². The summed E-state index contributed by atoms with van der Waals surface area (Å²) in [4.78, 5) is 10.3. The molecule has 73 heavy (non-hydrogen) atoms. The number of rotatable bonds is 36. The van der Waals surface area contributed by atoms with Crippen LogP contribution in [0.2, 0.25) is 0 Å². The fourth-order valence-corrected chi connectivity index (χ4v) is 15.9. The number of thiophene rings is 4. The second kappa shape index (κ2) is 32.9. The van der Waals surface area contributed by atoms with E-state index in [2.05, 4.69) is 102 Å². The highest BCUT2D eigenvalue weighted by molar-refractivity contribution is 7.23. The third-order valence-electron chi connectivity index (χ3n) is 15.0. The first-order valence-corrected chi connectivity index (χ1v) is 32.0. The van der Waals surface area contributed by atoms with Crippen LogP contribution >= 0.6 is 45.3 Å². The first-order chi connectivity index (χ1) is 35.8. The SMILES string of the molecule is CCCCCCc1c(C=C(C#N)C#N)sc(/C=C/c2cc3c(s2)-c2sc(/C=C/c4sc(C=C(C#N)C#N)c(CCCCCC)c4CCCCCC)cc2C3(CCCCCC)CCCCCC)c1CCCCCC. The van der Waals surface area contributed by atoms with Crippen LogP contribution in [0.5, 0.6) is 0 Å². The summed E-state index contributed by atoms with van der Waals surface area (Å²) in [6, 6.07) is 13.7. The second-order valence-corrected chi connectivity index (χ2v) is 24.9. The van der Waals surface area contributed by atoms with Crippen LogP contribution in [0.1, 0.15) is 271 Å². The van der Waals surface area contributed by atoms with Crippen LogP contribution < -0.4 is 0 Å². The van der Waals surface area contributed by atoms with Gasteiger partial charge in [-0.25, -0.2) is 0 Å². The van der Waals surface area contributed by atoms with E-state index in [1.165, 1.54) is 193 Å². The van der Waals surface area contributed by atoms with Crippen LogP contribution in [-0.2, 0) is 31.1 Å². The minimum absolute atomic E-state index is 0.0126. The molecule has 0 amide bonds. The largest absolute Gasteiger partial charge is 0.192 e. The molecule has 390 valence electrons. The lowest BCUT2D eigenvalue weighted by Crippen LogP contribution is -2.25. The maximum absolute atomic E-state index is 9.84. The van der Waals surface area contributed by atoms with Gasteiger partial charge in [-0.3, -0.25) is 0 Å². The van der Waals surface area contributed by atoms with E-state index in [1.54, 1.807) is 33.8 Å². The number of unbranched alkanes of at least 4 members (excludes halogenated alkanes) is 18. The maximum atomic E-state index is 9.84. The molecule has 0 aromatic carbocycles. The van der Waals surface area contributed by atoms with Crippen molar-refractivity contribution in [3.05, 3.63) is 85.9 Å². The molecule has 0 saturated heterocycles. The molecule has 5 rings (SSSR count). The van der Waals surface area contributed by atoms with Gasteiger partial charge in [0, 0.05) is 44.4 Å². The Morgan fingerprint density at radius 3 is 0.986 bits per heavy atom. The van der Waals surface area contributed by atoms with Gasteiger partial charge in [-0.15, -0.1) is 45.3 Å². The molecule has 1 aliphatic carbocycles. The number of fused-ring (bicyclic) bond motifs is 3.